The highest BCUT2D eigenvalue weighted by Crippen LogP contribution is 2.40. The zero-order valence-electron chi connectivity index (χ0n) is 8.07. The molecule has 0 aromatic heterocycles. The molecule has 13 heavy (non-hydrogen) atoms. The van der Waals surface area contributed by atoms with Gasteiger partial charge in [0.1, 0.15) is 0 Å². The molecule has 0 aliphatic heterocycles. The summed E-state index contributed by atoms with van der Waals surface area (Å²) in [7, 11) is -3.67. The minimum atomic E-state index is -3.67. The SMILES string of the molecule is C1CC2CCC1CC2.CS(=O)(=O)O. The van der Waals surface area contributed by atoms with Gasteiger partial charge in [-0.15, -0.1) is 0 Å². The average Bonchev–Trinajstić information content (AvgIpc) is 2.05. The van der Waals surface area contributed by atoms with Gasteiger partial charge < -0.3 is 0 Å². The van der Waals surface area contributed by atoms with Crippen LogP contribution in [0.1, 0.15) is 38.5 Å². The molecule has 2 bridgehead atoms. The summed E-state index contributed by atoms with van der Waals surface area (Å²) >= 11 is 0. The second kappa shape index (κ2) is 4.42. The molecule has 3 aliphatic rings. The van der Waals surface area contributed by atoms with Gasteiger partial charge in [0, 0.05) is 0 Å². The molecule has 0 radical (unpaired) electrons. The van der Waals surface area contributed by atoms with E-state index in [-0.39, 0.29) is 0 Å². The molecule has 3 saturated carbocycles. The lowest BCUT2D eigenvalue weighted by Crippen LogP contribution is -2.21. The minimum absolute atomic E-state index is 0.715. The van der Waals surface area contributed by atoms with Crippen LogP contribution in [0, 0.1) is 11.8 Å². The standard InChI is InChI=1S/C8H14.CH4O3S/c1-2-8-5-3-7(1)4-6-8;1-5(2,3)4/h7-8H,1-6H2;1H3,(H,2,3,4). The predicted molar refractivity (Wildman–Crippen MR) is 52.2 cm³/mol. The molecule has 0 atom stereocenters. The van der Waals surface area contributed by atoms with Crippen molar-refractivity contribution in [3.63, 3.8) is 0 Å². The molecule has 0 aromatic rings. The van der Waals surface area contributed by atoms with Crippen molar-refractivity contribution < 1.29 is 13.0 Å². The highest BCUT2D eigenvalue weighted by Gasteiger charge is 2.26. The summed E-state index contributed by atoms with van der Waals surface area (Å²) in [6.45, 7) is 0. The van der Waals surface area contributed by atoms with Gasteiger partial charge >= 0.3 is 0 Å². The maximum Gasteiger partial charge on any atom is 0.261 e. The Kier molecular flexibility index (Phi) is 3.74. The van der Waals surface area contributed by atoms with E-state index in [4.69, 9.17) is 4.55 Å². The molecule has 4 heteroatoms. The zero-order chi connectivity index (χ0) is 9.90. The fraction of sp³-hybridized carbons (Fsp3) is 1.00. The highest BCUT2D eigenvalue weighted by molar-refractivity contribution is 7.85. The molecule has 1 N–H and O–H groups in total. The van der Waals surface area contributed by atoms with Crippen LogP contribution < -0.4 is 0 Å². The molecular weight excluding hydrogens is 188 g/mol. The van der Waals surface area contributed by atoms with Crippen LogP contribution in [0.4, 0.5) is 0 Å². The molecular formula is C9H18O3S. The van der Waals surface area contributed by atoms with E-state index in [1.165, 1.54) is 0 Å². The van der Waals surface area contributed by atoms with E-state index >= 15 is 0 Å². The summed E-state index contributed by atoms with van der Waals surface area (Å²) in [6, 6.07) is 0. The maximum atomic E-state index is 9.19. The van der Waals surface area contributed by atoms with Crippen LogP contribution in [0.2, 0.25) is 0 Å². The normalized spacial score (nSPS) is 32.2. The summed E-state index contributed by atoms with van der Waals surface area (Å²) in [5, 5.41) is 0. The second-order valence-corrected chi connectivity index (χ2v) is 5.66. The molecule has 3 aliphatic carbocycles. The Morgan fingerprint density at radius 2 is 1.08 bits per heavy atom. The number of rotatable bonds is 0. The Labute approximate surface area is 80.3 Å². The molecule has 3 nitrogen and oxygen atoms in total. The van der Waals surface area contributed by atoms with E-state index < -0.39 is 10.1 Å². The molecule has 3 fully saturated rings. The maximum absolute atomic E-state index is 9.19. The molecule has 3 rings (SSSR count). The van der Waals surface area contributed by atoms with E-state index in [0.717, 1.165) is 11.8 Å². The van der Waals surface area contributed by atoms with Crippen LogP contribution in [0.15, 0.2) is 0 Å². The first-order chi connectivity index (χ1) is 5.95. The van der Waals surface area contributed by atoms with Crippen LogP contribution in [-0.2, 0) is 10.1 Å². The summed E-state index contributed by atoms with van der Waals surface area (Å²) in [5.74, 6) is 2.31. The van der Waals surface area contributed by atoms with Gasteiger partial charge in [0.05, 0.1) is 6.26 Å². The van der Waals surface area contributed by atoms with E-state index in [1.807, 2.05) is 0 Å². The van der Waals surface area contributed by atoms with Gasteiger partial charge in [0.15, 0.2) is 0 Å². The van der Waals surface area contributed by atoms with E-state index in [9.17, 15) is 8.42 Å². The first-order valence-electron chi connectivity index (χ1n) is 4.87. The smallest absolute Gasteiger partial charge is 0.261 e. The summed E-state index contributed by atoms with van der Waals surface area (Å²) < 4.78 is 25.9. The van der Waals surface area contributed by atoms with Gasteiger partial charge in [0.25, 0.3) is 10.1 Å². The molecule has 0 heterocycles. The summed E-state index contributed by atoms with van der Waals surface area (Å²) in [4.78, 5) is 0. The lowest BCUT2D eigenvalue weighted by Gasteiger charge is -2.35. The van der Waals surface area contributed by atoms with E-state index in [2.05, 4.69) is 0 Å². The summed E-state index contributed by atoms with van der Waals surface area (Å²) in [5.41, 5.74) is 0. The number of fused-ring (bicyclic) bond motifs is 3. The van der Waals surface area contributed by atoms with Gasteiger partial charge in [0.2, 0.25) is 0 Å². The Hall–Kier alpha value is -0.0900. The van der Waals surface area contributed by atoms with E-state index in [0.29, 0.717) is 6.26 Å². The van der Waals surface area contributed by atoms with Crippen molar-refractivity contribution in [2.24, 2.45) is 11.8 Å². The van der Waals surface area contributed by atoms with Gasteiger partial charge in [-0.25, -0.2) is 0 Å². The van der Waals surface area contributed by atoms with Crippen LogP contribution in [0.5, 0.6) is 0 Å². The number of hydrogen-bond donors (Lipinski definition) is 1. The molecule has 0 aromatic carbocycles. The average molecular weight is 206 g/mol. The second-order valence-electron chi connectivity index (χ2n) is 4.20. The highest BCUT2D eigenvalue weighted by atomic mass is 32.2. The van der Waals surface area contributed by atoms with Crippen LogP contribution in [-0.4, -0.2) is 19.2 Å². The Morgan fingerprint density at radius 3 is 1.15 bits per heavy atom. The molecule has 0 unspecified atom stereocenters. The largest absolute Gasteiger partial charge is 0.286 e. The minimum Gasteiger partial charge on any atom is -0.286 e. The fourth-order valence-corrected chi connectivity index (χ4v) is 2.28. The third kappa shape index (κ3) is 5.26. The van der Waals surface area contributed by atoms with Crippen molar-refractivity contribution in [1.29, 1.82) is 0 Å². The monoisotopic (exact) mass is 206 g/mol. The van der Waals surface area contributed by atoms with Crippen molar-refractivity contribution >= 4 is 10.1 Å². The van der Waals surface area contributed by atoms with Crippen molar-refractivity contribution in [1.82, 2.24) is 0 Å². The quantitative estimate of drug-likeness (QED) is 0.617. The van der Waals surface area contributed by atoms with Crippen LogP contribution in [0.25, 0.3) is 0 Å². The van der Waals surface area contributed by atoms with Crippen molar-refractivity contribution in [3.05, 3.63) is 0 Å². The molecule has 0 saturated heterocycles. The topological polar surface area (TPSA) is 54.4 Å². The lowest BCUT2D eigenvalue weighted by atomic mass is 9.71. The van der Waals surface area contributed by atoms with Crippen molar-refractivity contribution in [2.75, 3.05) is 6.26 Å². The lowest BCUT2D eigenvalue weighted by molar-refractivity contribution is 0.176. The van der Waals surface area contributed by atoms with Crippen molar-refractivity contribution in [2.45, 2.75) is 38.5 Å². The Bertz CT molecular complexity index is 207. The van der Waals surface area contributed by atoms with Crippen LogP contribution in [0.3, 0.4) is 0 Å². The van der Waals surface area contributed by atoms with E-state index in [1.54, 1.807) is 38.5 Å². The summed E-state index contributed by atoms with van der Waals surface area (Å²) in [6.07, 6.45) is 10.1. The van der Waals surface area contributed by atoms with Gasteiger partial charge in [-0.3, -0.25) is 4.55 Å². The van der Waals surface area contributed by atoms with Gasteiger partial charge in [-0.1, -0.05) is 38.5 Å². The molecule has 78 valence electrons. The third-order valence-electron chi connectivity index (χ3n) is 2.95. The van der Waals surface area contributed by atoms with Gasteiger partial charge in [-0.2, -0.15) is 8.42 Å². The van der Waals surface area contributed by atoms with Gasteiger partial charge in [-0.05, 0) is 11.8 Å². The zero-order valence-corrected chi connectivity index (χ0v) is 8.89. The predicted octanol–water partition coefficient (Wildman–Crippen LogP) is 2.09. The Morgan fingerprint density at radius 1 is 0.923 bits per heavy atom. The Balaban J connectivity index is 0.000000149. The molecule has 0 amide bonds. The third-order valence-corrected chi connectivity index (χ3v) is 2.95. The first kappa shape index (κ1) is 11.0. The fourth-order valence-electron chi connectivity index (χ4n) is 2.28. The molecule has 0 spiro atoms. The number of hydrogen-bond acceptors (Lipinski definition) is 2. The van der Waals surface area contributed by atoms with Crippen LogP contribution >= 0.6 is 0 Å². The first-order valence-corrected chi connectivity index (χ1v) is 6.72. The van der Waals surface area contributed by atoms with Crippen molar-refractivity contribution in [3.8, 4) is 0 Å².